The van der Waals surface area contributed by atoms with Gasteiger partial charge in [-0.2, -0.15) is 0 Å². The van der Waals surface area contributed by atoms with Gasteiger partial charge in [-0.3, -0.25) is 0 Å². The van der Waals surface area contributed by atoms with Crippen LogP contribution >= 0.6 is 0 Å². The third kappa shape index (κ3) is 1.80. The molecule has 4 rings (SSSR count). The van der Waals surface area contributed by atoms with Crippen LogP contribution in [-0.4, -0.2) is 9.97 Å². The lowest BCUT2D eigenvalue weighted by Gasteiger charge is -1.94. The number of nitrogens with zero attached hydrogens (tertiary/aromatic N) is 1. The van der Waals surface area contributed by atoms with E-state index >= 15 is 0 Å². The Kier molecular flexibility index (Phi) is 2.42. The molecule has 0 unspecified atom stereocenters. The van der Waals surface area contributed by atoms with Crippen LogP contribution in [0.5, 0.6) is 0 Å². The third-order valence-corrected chi connectivity index (χ3v) is 3.32. The number of para-hydroxylation sites is 1. The molecule has 0 bridgehead atoms. The Morgan fingerprint density at radius 2 is 1.70 bits per heavy atom. The van der Waals surface area contributed by atoms with Gasteiger partial charge in [0.2, 0.25) is 5.89 Å². The fourth-order valence-corrected chi connectivity index (χ4v) is 2.32. The fraction of sp³-hybridized carbons (Fsp3) is 0. The van der Waals surface area contributed by atoms with E-state index < -0.39 is 0 Å². The van der Waals surface area contributed by atoms with E-state index in [1.807, 2.05) is 48.5 Å². The molecular formula is C17H12N2O. The molecule has 1 N–H and O–H groups in total. The minimum atomic E-state index is 0.611. The van der Waals surface area contributed by atoms with E-state index in [-0.39, 0.29) is 0 Å². The third-order valence-electron chi connectivity index (χ3n) is 3.32. The normalized spacial score (nSPS) is 11.0. The lowest BCUT2D eigenvalue weighted by molar-refractivity contribution is 0.587. The Hall–Kier alpha value is -2.81. The van der Waals surface area contributed by atoms with Gasteiger partial charge in [-0.15, -0.1) is 0 Å². The number of aromatic amines is 1. The monoisotopic (exact) mass is 260 g/mol. The molecule has 20 heavy (non-hydrogen) atoms. The zero-order chi connectivity index (χ0) is 13.4. The molecule has 3 nitrogen and oxygen atoms in total. The number of benzene rings is 2. The molecule has 4 aromatic rings. The molecule has 3 heteroatoms. The topological polar surface area (TPSA) is 41.8 Å². The summed E-state index contributed by atoms with van der Waals surface area (Å²) in [6.45, 7) is 0. The number of oxazole rings is 1. The fourth-order valence-electron chi connectivity index (χ4n) is 2.32. The van der Waals surface area contributed by atoms with Gasteiger partial charge < -0.3 is 9.40 Å². The van der Waals surface area contributed by atoms with Crippen LogP contribution in [0.25, 0.3) is 33.8 Å². The van der Waals surface area contributed by atoms with Crippen molar-refractivity contribution in [2.24, 2.45) is 0 Å². The predicted octanol–water partition coefficient (Wildman–Crippen LogP) is 4.49. The molecule has 0 aliphatic rings. The molecule has 0 atom stereocenters. The number of fused-ring (bicyclic) bond motifs is 1. The highest BCUT2D eigenvalue weighted by atomic mass is 16.4. The quantitative estimate of drug-likeness (QED) is 0.577. The Morgan fingerprint density at radius 3 is 2.55 bits per heavy atom. The summed E-state index contributed by atoms with van der Waals surface area (Å²) in [5.41, 5.74) is 3.01. The van der Waals surface area contributed by atoms with Crippen LogP contribution < -0.4 is 0 Å². The van der Waals surface area contributed by atoms with Crippen LogP contribution in [0.15, 0.2) is 71.3 Å². The first-order chi connectivity index (χ1) is 9.90. The minimum absolute atomic E-state index is 0.611. The first-order valence-corrected chi connectivity index (χ1v) is 6.49. The first-order valence-electron chi connectivity index (χ1n) is 6.49. The van der Waals surface area contributed by atoms with Crippen molar-refractivity contribution in [2.75, 3.05) is 0 Å². The van der Waals surface area contributed by atoms with Crippen molar-refractivity contribution < 1.29 is 4.42 Å². The number of rotatable bonds is 2. The summed E-state index contributed by atoms with van der Waals surface area (Å²) < 4.78 is 5.84. The van der Waals surface area contributed by atoms with Crippen LogP contribution in [0.1, 0.15) is 0 Å². The van der Waals surface area contributed by atoms with Crippen molar-refractivity contribution >= 4 is 10.9 Å². The van der Waals surface area contributed by atoms with E-state index in [2.05, 4.69) is 22.1 Å². The van der Waals surface area contributed by atoms with Gasteiger partial charge in [0.15, 0.2) is 5.76 Å². The van der Waals surface area contributed by atoms with Crippen molar-refractivity contribution in [1.29, 1.82) is 0 Å². The van der Waals surface area contributed by atoms with Gasteiger partial charge in [0.1, 0.15) is 5.69 Å². The lowest BCUT2D eigenvalue weighted by Crippen LogP contribution is -1.74. The van der Waals surface area contributed by atoms with Crippen LogP contribution in [0, 0.1) is 0 Å². The van der Waals surface area contributed by atoms with E-state index in [0.717, 1.165) is 27.9 Å². The largest absolute Gasteiger partial charge is 0.435 e. The van der Waals surface area contributed by atoms with Crippen LogP contribution in [-0.2, 0) is 0 Å². The summed E-state index contributed by atoms with van der Waals surface area (Å²) in [4.78, 5) is 7.68. The van der Waals surface area contributed by atoms with E-state index in [9.17, 15) is 0 Å². The molecule has 2 aromatic carbocycles. The second-order valence-corrected chi connectivity index (χ2v) is 4.67. The Morgan fingerprint density at radius 1 is 0.900 bits per heavy atom. The second kappa shape index (κ2) is 4.38. The van der Waals surface area contributed by atoms with E-state index in [1.165, 1.54) is 0 Å². The van der Waals surface area contributed by atoms with Crippen molar-refractivity contribution in [3.63, 3.8) is 0 Å². The van der Waals surface area contributed by atoms with Gasteiger partial charge in [-0.05, 0) is 12.1 Å². The molecule has 0 amide bonds. The summed E-state index contributed by atoms with van der Waals surface area (Å²) in [6, 6.07) is 20.2. The highest BCUT2D eigenvalue weighted by Crippen LogP contribution is 2.27. The Balaban J connectivity index is 1.78. The van der Waals surface area contributed by atoms with Gasteiger partial charge in [-0.25, -0.2) is 4.98 Å². The molecule has 2 heterocycles. The standard InChI is InChI=1S/C17H12N2O/c1-2-6-12(7-3-1)16-11-18-17(20-16)15-10-13-8-4-5-9-14(13)19-15/h1-11,19H. The molecule has 2 aromatic heterocycles. The molecule has 0 aliphatic carbocycles. The number of hydrogen-bond donors (Lipinski definition) is 1. The smallest absolute Gasteiger partial charge is 0.243 e. The van der Waals surface area contributed by atoms with Gasteiger partial charge >= 0.3 is 0 Å². The summed E-state index contributed by atoms with van der Waals surface area (Å²) in [6.07, 6.45) is 1.76. The van der Waals surface area contributed by atoms with Crippen LogP contribution in [0.3, 0.4) is 0 Å². The molecule has 0 radical (unpaired) electrons. The van der Waals surface area contributed by atoms with E-state index in [4.69, 9.17) is 4.42 Å². The molecular weight excluding hydrogens is 248 g/mol. The molecule has 0 spiro atoms. The molecule has 0 fully saturated rings. The maximum atomic E-state index is 5.84. The van der Waals surface area contributed by atoms with E-state index in [1.54, 1.807) is 6.20 Å². The zero-order valence-electron chi connectivity index (χ0n) is 10.7. The van der Waals surface area contributed by atoms with Crippen LogP contribution in [0.4, 0.5) is 0 Å². The van der Waals surface area contributed by atoms with Gasteiger partial charge in [0.05, 0.1) is 6.20 Å². The second-order valence-electron chi connectivity index (χ2n) is 4.67. The zero-order valence-corrected chi connectivity index (χ0v) is 10.7. The molecule has 0 aliphatic heterocycles. The first kappa shape index (κ1) is 11.1. The number of aromatic nitrogens is 2. The number of nitrogens with one attached hydrogen (secondary N) is 1. The highest BCUT2D eigenvalue weighted by molar-refractivity contribution is 5.84. The van der Waals surface area contributed by atoms with E-state index in [0.29, 0.717) is 5.89 Å². The molecule has 0 saturated carbocycles. The molecule has 0 saturated heterocycles. The lowest BCUT2D eigenvalue weighted by atomic mass is 10.2. The van der Waals surface area contributed by atoms with Gasteiger partial charge in [0.25, 0.3) is 0 Å². The van der Waals surface area contributed by atoms with Crippen molar-refractivity contribution in [3.05, 3.63) is 66.9 Å². The summed E-state index contributed by atoms with van der Waals surface area (Å²) >= 11 is 0. The highest BCUT2D eigenvalue weighted by Gasteiger charge is 2.10. The summed E-state index contributed by atoms with van der Waals surface area (Å²) in [7, 11) is 0. The summed E-state index contributed by atoms with van der Waals surface area (Å²) in [5.74, 6) is 1.39. The Labute approximate surface area is 115 Å². The van der Waals surface area contributed by atoms with Crippen molar-refractivity contribution in [2.45, 2.75) is 0 Å². The van der Waals surface area contributed by atoms with Gasteiger partial charge in [-0.1, -0.05) is 48.5 Å². The average Bonchev–Trinajstić information content (AvgIpc) is 3.14. The number of H-pyrrole nitrogens is 1. The maximum absolute atomic E-state index is 5.84. The maximum Gasteiger partial charge on any atom is 0.243 e. The summed E-state index contributed by atoms with van der Waals surface area (Å²) in [5, 5.41) is 1.15. The molecule has 96 valence electrons. The van der Waals surface area contributed by atoms with Crippen molar-refractivity contribution in [1.82, 2.24) is 9.97 Å². The Bertz CT molecular complexity index is 826. The number of hydrogen-bond acceptors (Lipinski definition) is 2. The van der Waals surface area contributed by atoms with Crippen molar-refractivity contribution in [3.8, 4) is 22.9 Å². The predicted molar refractivity (Wildman–Crippen MR) is 79.2 cm³/mol. The average molecular weight is 260 g/mol. The SMILES string of the molecule is c1ccc(-c2cnc(-c3cc4ccccc4[nH]3)o2)cc1. The minimum Gasteiger partial charge on any atom is -0.435 e. The van der Waals surface area contributed by atoms with Gasteiger partial charge in [0, 0.05) is 16.5 Å². The van der Waals surface area contributed by atoms with Crippen LogP contribution in [0.2, 0.25) is 0 Å².